The van der Waals surface area contributed by atoms with Gasteiger partial charge in [-0.3, -0.25) is 30.0 Å². The van der Waals surface area contributed by atoms with Crippen LogP contribution in [-0.4, -0.2) is 23.4 Å². The standard InChI is InChI=1S/C18H19BrN2O4/c1-16(2)17(3)8-9-18(16,13(23)12(17)22)15(25)21-20-14(24)10-6-4-5-7-11(10)19/h4-7H,8-9H2,1-3H3,(H,20,24)(H,21,25). The molecule has 3 rings (SSSR count). The molecule has 2 amide bonds. The Balaban J connectivity index is 1.82. The predicted octanol–water partition coefficient (Wildman–Crippen LogP) is 2.17. The fourth-order valence-corrected chi connectivity index (χ4v) is 4.67. The van der Waals surface area contributed by atoms with Crippen LogP contribution in [0.2, 0.25) is 0 Å². The van der Waals surface area contributed by atoms with Crippen LogP contribution in [0.5, 0.6) is 0 Å². The monoisotopic (exact) mass is 406 g/mol. The molecule has 2 aliphatic rings. The van der Waals surface area contributed by atoms with Gasteiger partial charge in [-0.2, -0.15) is 0 Å². The van der Waals surface area contributed by atoms with Crippen LogP contribution >= 0.6 is 15.9 Å². The number of fused-ring (bicyclic) bond motifs is 2. The van der Waals surface area contributed by atoms with Gasteiger partial charge in [0, 0.05) is 9.89 Å². The highest BCUT2D eigenvalue weighted by Gasteiger charge is 2.77. The number of amides is 2. The molecule has 2 N–H and O–H groups in total. The highest BCUT2D eigenvalue weighted by molar-refractivity contribution is 9.10. The van der Waals surface area contributed by atoms with Crippen LogP contribution in [0.1, 0.15) is 44.0 Å². The van der Waals surface area contributed by atoms with Gasteiger partial charge < -0.3 is 0 Å². The summed E-state index contributed by atoms with van der Waals surface area (Å²) in [5.74, 6) is -2.28. The Hall–Kier alpha value is -2.02. The topological polar surface area (TPSA) is 92.3 Å². The summed E-state index contributed by atoms with van der Waals surface area (Å²) in [5.41, 5.74) is 1.98. The van der Waals surface area contributed by atoms with E-state index < -0.39 is 39.6 Å². The Kier molecular flexibility index (Phi) is 3.91. The Morgan fingerprint density at radius 1 is 1.00 bits per heavy atom. The van der Waals surface area contributed by atoms with Crippen molar-refractivity contribution in [1.82, 2.24) is 10.9 Å². The molecular weight excluding hydrogens is 388 g/mol. The quantitative estimate of drug-likeness (QED) is 0.447. The SMILES string of the molecule is CC12CCC(C(=O)NNC(=O)c3ccccc3Br)(C(=O)C1=O)C2(C)C. The summed E-state index contributed by atoms with van der Waals surface area (Å²) >= 11 is 3.27. The van der Waals surface area contributed by atoms with Crippen LogP contribution in [0, 0.1) is 16.2 Å². The molecule has 7 heteroatoms. The smallest absolute Gasteiger partial charge is 0.270 e. The third-order valence-corrected chi connectivity index (χ3v) is 7.03. The second kappa shape index (κ2) is 5.49. The average Bonchev–Trinajstić information content (AvgIpc) is 2.84. The Morgan fingerprint density at radius 3 is 2.20 bits per heavy atom. The Bertz CT molecular complexity index is 819. The zero-order valence-electron chi connectivity index (χ0n) is 14.2. The fourth-order valence-electron chi connectivity index (χ4n) is 4.21. The number of hydrogen-bond acceptors (Lipinski definition) is 4. The van der Waals surface area contributed by atoms with Crippen molar-refractivity contribution in [3.8, 4) is 0 Å². The van der Waals surface area contributed by atoms with E-state index in [0.717, 1.165) is 0 Å². The summed E-state index contributed by atoms with van der Waals surface area (Å²) in [6.07, 6.45) is 0.786. The van der Waals surface area contributed by atoms with E-state index in [2.05, 4.69) is 26.8 Å². The van der Waals surface area contributed by atoms with E-state index in [1.165, 1.54) is 0 Å². The minimum atomic E-state index is -1.43. The summed E-state index contributed by atoms with van der Waals surface area (Å²) in [6.45, 7) is 5.30. The first-order valence-electron chi connectivity index (χ1n) is 8.04. The minimum absolute atomic E-state index is 0.303. The number of carbonyl (C=O) groups is 4. The molecular formula is C18H19BrN2O4. The summed E-state index contributed by atoms with van der Waals surface area (Å²) in [7, 11) is 0. The van der Waals surface area contributed by atoms with Crippen LogP contribution in [0.4, 0.5) is 0 Å². The number of hydrazine groups is 1. The largest absolute Gasteiger partial charge is 0.290 e. The van der Waals surface area contributed by atoms with E-state index in [9.17, 15) is 19.2 Å². The van der Waals surface area contributed by atoms with Crippen molar-refractivity contribution in [1.29, 1.82) is 0 Å². The number of ketones is 2. The molecule has 1 aromatic carbocycles. The predicted molar refractivity (Wildman–Crippen MR) is 93.3 cm³/mol. The molecule has 2 atom stereocenters. The maximum atomic E-state index is 12.8. The third-order valence-electron chi connectivity index (χ3n) is 6.34. The first-order valence-corrected chi connectivity index (χ1v) is 8.83. The van der Waals surface area contributed by atoms with E-state index in [1.807, 2.05) is 0 Å². The van der Waals surface area contributed by atoms with Crippen LogP contribution in [0.3, 0.4) is 0 Å². The zero-order chi connectivity index (χ0) is 18.6. The van der Waals surface area contributed by atoms with Crippen molar-refractivity contribution < 1.29 is 19.2 Å². The van der Waals surface area contributed by atoms with Gasteiger partial charge >= 0.3 is 0 Å². The van der Waals surface area contributed by atoms with Gasteiger partial charge in [-0.25, -0.2) is 0 Å². The summed E-state index contributed by atoms with van der Waals surface area (Å²) in [4.78, 5) is 50.1. The summed E-state index contributed by atoms with van der Waals surface area (Å²) < 4.78 is 0.584. The lowest BCUT2D eigenvalue weighted by molar-refractivity contribution is -0.149. The number of carbonyl (C=O) groups excluding carboxylic acids is 4. The van der Waals surface area contributed by atoms with Crippen LogP contribution in [0.15, 0.2) is 28.7 Å². The van der Waals surface area contributed by atoms with Crippen molar-refractivity contribution in [3.63, 3.8) is 0 Å². The van der Waals surface area contributed by atoms with E-state index in [4.69, 9.17) is 0 Å². The molecule has 0 saturated heterocycles. The second-order valence-electron chi connectivity index (χ2n) is 7.41. The van der Waals surface area contributed by atoms with Crippen molar-refractivity contribution >= 4 is 39.3 Å². The van der Waals surface area contributed by atoms with Crippen molar-refractivity contribution in [2.45, 2.75) is 33.6 Å². The van der Waals surface area contributed by atoms with Gasteiger partial charge in [-0.1, -0.05) is 32.9 Å². The number of Topliss-reactive ketones (excluding diaryl/α,β-unsaturated/α-hetero) is 2. The normalized spacial score (nSPS) is 29.6. The molecule has 132 valence electrons. The molecule has 0 heterocycles. The lowest BCUT2D eigenvalue weighted by Crippen LogP contribution is -2.55. The van der Waals surface area contributed by atoms with Gasteiger partial charge in [0.25, 0.3) is 11.8 Å². The summed E-state index contributed by atoms with van der Waals surface area (Å²) in [5, 5.41) is 0. The average molecular weight is 407 g/mol. The molecule has 1 aromatic rings. The van der Waals surface area contributed by atoms with Gasteiger partial charge in [0.2, 0.25) is 11.6 Å². The van der Waals surface area contributed by atoms with E-state index in [-0.39, 0.29) is 0 Å². The third kappa shape index (κ3) is 2.08. The van der Waals surface area contributed by atoms with Crippen LogP contribution in [-0.2, 0) is 14.4 Å². The molecule has 0 aliphatic heterocycles. The maximum absolute atomic E-state index is 12.8. The molecule has 2 fully saturated rings. The Morgan fingerprint density at radius 2 is 1.64 bits per heavy atom. The van der Waals surface area contributed by atoms with Crippen molar-refractivity contribution in [2.75, 3.05) is 0 Å². The van der Waals surface area contributed by atoms with Gasteiger partial charge in [0.1, 0.15) is 5.41 Å². The minimum Gasteiger partial charge on any atom is -0.290 e. The lowest BCUT2D eigenvalue weighted by atomic mass is 9.64. The van der Waals surface area contributed by atoms with Gasteiger partial charge in [0.05, 0.1) is 5.56 Å². The van der Waals surface area contributed by atoms with Gasteiger partial charge in [0.15, 0.2) is 0 Å². The number of rotatable bonds is 2. The Labute approximate surface area is 153 Å². The zero-order valence-corrected chi connectivity index (χ0v) is 15.8. The van der Waals surface area contributed by atoms with E-state index in [1.54, 1.807) is 45.0 Å². The van der Waals surface area contributed by atoms with Gasteiger partial charge in [-0.15, -0.1) is 0 Å². The molecule has 2 bridgehead atoms. The molecule has 6 nitrogen and oxygen atoms in total. The fraction of sp³-hybridized carbons (Fsp3) is 0.444. The number of halogens is 1. The lowest BCUT2D eigenvalue weighted by Gasteiger charge is -2.36. The molecule has 2 saturated carbocycles. The maximum Gasteiger partial charge on any atom is 0.270 e. The molecule has 2 aliphatic carbocycles. The van der Waals surface area contributed by atoms with Crippen molar-refractivity contribution in [3.05, 3.63) is 34.3 Å². The molecule has 25 heavy (non-hydrogen) atoms. The highest BCUT2D eigenvalue weighted by atomic mass is 79.9. The second-order valence-corrected chi connectivity index (χ2v) is 8.26. The van der Waals surface area contributed by atoms with Crippen LogP contribution in [0.25, 0.3) is 0 Å². The van der Waals surface area contributed by atoms with Gasteiger partial charge in [-0.05, 0) is 46.3 Å². The summed E-state index contributed by atoms with van der Waals surface area (Å²) in [6, 6.07) is 6.78. The molecule has 0 spiro atoms. The van der Waals surface area contributed by atoms with Crippen LogP contribution < -0.4 is 10.9 Å². The first kappa shape index (κ1) is 17.8. The number of nitrogens with one attached hydrogen (secondary N) is 2. The first-order chi connectivity index (χ1) is 11.6. The molecule has 0 aromatic heterocycles. The molecule has 2 unspecified atom stereocenters. The van der Waals surface area contributed by atoms with Crippen molar-refractivity contribution in [2.24, 2.45) is 16.2 Å². The molecule has 0 radical (unpaired) electrons. The number of benzene rings is 1. The van der Waals surface area contributed by atoms with E-state index >= 15 is 0 Å². The number of hydrogen-bond donors (Lipinski definition) is 2. The highest BCUT2D eigenvalue weighted by Crippen LogP contribution is 2.68. The van der Waals surface area contributed by atoms with E-state index in [0.29, 0.717) is 22.9 Å².